The Morgan fingerprint density at radius 2 is 2.47 bits per heavy atom. The van der Waals surface area contributed by atoms with Gasteiger partial charge in [0.05, 0.1) is 11.6 Å². The average Bonchev–Trinajstić information content (AvgIpc) is 2.69. The molecule has 2 heterocycles. The van der Waals surface area contributed by atoms with E-state index in [1.54, 1.807) is 12.1 Å². The highest BCUT2D eigenvalue weighted by atomic mass is 16.5. The van der Waals surface area contributed by atoms with Gasteiger partial charge in [-0.15, -0.1) is 0 Å². The minimum atomic E-state index is 0.186. The Bertz CT molecular complexity index is 391. The lowest BCUT2D eigenvalue weighted by Gasteiger charge is -2.11. The van der Waals surface area contributed by atoms with Crippen molar-refractivity contribution in [1.82, 2.24) is 10.3 Å². The summed E-state index contributed by atoms with van der Waals surface area (Å²) in [4.78, 5) is 4.24. The van der Waals surface area contributed by atoms with Crippen molar-refractivity contribution in [2.45, 2.75) is 19.4 Å². The van der Waals surface area contributed by atoms with Gasteiger partial charge in [-0.05, 0) is 26.0 Å². The number of aryl methyl sites for hydroxylation is 1. The molecule has 0 aliphatic carbocycles. The van der Waals surface area contributed by atoms with Crippen molar-refractivity contribution in [1.29, 1.82) is 5.26 Å². The van der Waals surface area contributed by atoms with Crippen LogP contribution in [0.4, 0.5) is 0 Å². The second-order valence-corrected chi connectivity index (χ2v) is 3.68. The summed E-state index contributed by atoms with van der Waals surface area (Å²) in [5, 5.41) is 12.0. The summed E-state index contributed by atoms with van der Waals surface area (Å²) in [6.07, 6.45) is 1.18. The molecule has 1 aromatic rings. The van der Waals surface area contributed by atoms with Crippen LogP contribution < -0.4 is 10.1 Å². The Morgan fingerprint density at radius 3 is 3.13 bits per heavy atom. The summed E-state index contributed by atoms with van der Waals surface area (Å²) in [6, 6.07) is 5.53. The van der Waals surface area contributed by atoms with Crippen LogP contribution in [0, 0.1) is 18.3 Å². The van der Waals surface area contributed by atoms with Crippen molar-refractivity contribution >= 4 is 0 Å². The van der Waals surface area contributed by atoms with Crippen molar-refractivity contribution in [2.75, 3.05) is 13.1 Å². The molecule has 0 spiro atoms. The fourth-order valence-corrected chi connectivity index (χ4v) is 1.66. The van der Waals surface area contributed by atoms with E-state index in [2.05, 4.69) is 16.4 Å². The Labute approximate surface area is 88.9 Å². The van der Waals surface area contributed by atoms with E-state index in [1.807, 2.05) is 6.92 Å². The lowest BCUT2D eigenvalue weighted by molar-refractivity contribution is 0.213. The molecule has 78 valence electrons. The van der Waals surface area contributed by atoms with Crippen LogP contribution in [0.3, 0.4) is 0 Å². The van der Waals surface area contributed by atoms with Crippen LogP contribution >= 0.6 is 0 Å². The Morgan fingerprint density at radius 1 is 1.60 bits per heavy atom. The van der Waals surface area contributed by atoms with Crippen molar-refractivity contribution in [3.05, 3.63) is 23.4 Å². The molecule has 0 bridgehead atoms. The van der Waals surface area contributed by atoms with Gasteiger partial charge in [0.15, 0.2) is 0 Å². The van der Waals surface area contributed by atoms with Crippen LogP contribution in [-0.2, 0) is 0 Å². The molecule has 4 heteroatoms. The zero-order valence-electron chi connectivity index (χ0n) is 8.66. The predicted octanol–water partition coefficient (Wildman–Crippen LogP) is 1.00. The lowest BCUT2D eigenvalue weighted by Crippen LogP contribution is -2.20. The molecule has 1 aromatic heterocycles. The highest BCUT2D eigenvalue weighted by molar-refractivity contribution is 5.34. The number of nitrogens with one attached hydrogen (secondary N) is 1. The van der Waals surface area contributed by atoms with E-state index in [0.717, 1.165) is 25.2 Å². The standard InChI is InChI=1S/C11H13N3O/c1-8-4-9(6-12)5-11(14-8)15-10-2-3-13-7-10/h4-5,10,13H,2-3,7H2,1H3. The summed E-state index contributed by atoms with van der Waals surface area (Å²) < 4.78 is 5.67. The van der Waals surface area contributed by atoms with Crippen molar-refractivity contribution < 1.29 is 4.74 Å². The van der Waals surface area contributed by atoms with Crippen molar-refractivity contribution in [3.8, 4) is 11.9 Å². The largest absolute Gasteiger partial charge is 0.473 e. The third-order valence-electron chi connectivity index (χ3n) is 2.36. The zero-order chi connectivity index (χ0) is 10.7. The first-order valence-corrected chi connectivity index (χ1v) is 5.04. The van der Waals surface area contributed by atoms with E-state index in [9.17, 15) is 0 Å². The summed E-state index contributed by atoms with van der Waals surface area (Å²) in [5.41, 5.74) is 1.42. The van der Waals surface area contributed by atoms with E-state index >= 15 is 0 Å². The number of aromatic nitrogens is 1. The third-order valence-corrected chi connectivity index (χ3v) is 2.36. The van der Waals surface area contributed by atoms with Gasteiger partial charge in [-0.25, -0.2) is 4.98 Å². The maximum Gasteiger partial charge on any atom is 0.215 e. The fourth-order valence-electron chi connectivity index (χ4n) is 1.66. The van der Waals surface area contributed by atoms with Crippen LogP contribution in [-0.4, -0.2) is 24.2 Å². The van der Waals surface area contributed by atoms with Crippen LogP contribution in [0.2, 0.25) is 0 Å². The monoisotopic (exact) mass is 203 g/mol. The summed E-state index contributed by atoms with van der Waals surface area (Å²) in [7, 11) is 0. The van der Waals surface area contributed by atoms with Crippen LogP contribution in [0.1, 0.15) is 17.7 Å². The molecule has 1 saturated heterocycles. The first-order chi connectivity index (χ1) is 7.28. The molecule has 1 atom stereocenters. The van der Waals surface area contributed by atoms with Gasteiger partial charge in [-0.3, -0.25) is 0 Å². The molecule has 0 amide bonds. The van der Waals surface area contributed by atoms with Gasteiger partial charge in [0.25, 0.3) is 0 Å². The number of pyridine rings is 1. The van der Waals surface area contributed by atoms with Gasteiger partial charge in [-0.1, -0.05) is 0 Å². The molecule has 1 aliphatic rings. The van der Waals surface area contributed by atoms with E-state index in [-0.39, 0.29) is 6.10 Å². The number of nitriles is 1. The normalized spacial score (nSPS) is 19.9. The number of nitrogens with zero attached hydrogens (tertiary/aromatic N) is 2. The molecule has 0 aromatic carbocycles. The highest BCUT2D eigenvalue weighted by Crippen LogP contribution is 2.15. The van der Waals surface area contributed by atoms with Gasteiger partial charge in [0.1, 0.15) is 6.10 Å². The Balaban J connectivity index is 2.13. The molecule has 4 nitrogen and oxygen atoms in total. The number of hydrogen-bond donors (Lipinski definition) is 1. The van der Waals surface area contributed by atoms with Gasteiger partial charge >= 0.3 is 0 Å². The quantitative estimate of drug-likeness (QED) is 0.779. The SMILES string of the molecule is Cc1cc(C#N)cc(OC2CCNC2)n1. The zero-order valence-corrected chi connectivity index (χ0v) is 8.66. The second kappa shape index (κ2) is 4.28. The summed E-state index contributed by atoms with van der Waals surface area (Å²) in [5.74, 6) is 0.556. The third kappa shape index (κ3) is 2.45. The average molecular weight is 203 g/mol. The molecule has 0 saturated carbocycles. The Kier molecular flexibility index (Phi) is 2.84. The van der Waals surface area contributed by atoms with Gasteiger partial charge in [0.2, 0.25) is 5.88 Å². The van der Waals surface area contributed by atoms with Crippen molar-refractivity contribution in [2.24, 2.45) is 0 Å². The fraction of sp³-hybridized carbons (Fsp3) is 0.455. The Hall–Kier alpha value is -1.60. The van der Waals surface area contributed by atoms with Crippen molar-refractivity contribution in [3.63, 3.8) is 0 Å². The molecular formula is C11H13N3O. The molecule has 1 unspecified atom stereocenters. The van der Waals surface area contributed by atoms with Crippen LogP contribution in [0.15, 0.2) is 12.1 Å². The number of rotatable bonds is 2. The van der Waals surface area contributed by atoms with Gasteiger partial charge in [0, 0.05) is 18.3 Å². The van der Waals surface area contributed by atoms with Gasteiger partial charge in [-0.2, -0.15) is 5.26 Å². The smallest absolute Gasteiger partial charge is 0.215 e. The summed E-state index contributed by atoms with van der Waals surface area (Å²) >= 11 is 0. The molecule has 0 radical (unpaired) electrons. The van der Waals surface area contributed by atoms with E-state index in [1.165, 1.54) is 0 Å². The van der Waals surface area contributed by atoms with E-state index in [0.29, 0.717) is 11.4 Å². The minimum absolute atomic E-state index is 0.186. The molecule has 15 heavy (non-hydrogen) atoms. The van der Waals surface area contributed by atoms with E-state index in [4.69, 9.17) is 10.00 Å². The molecule has 1 fully saturated rings. The molecule has 1 N–H and O–H groups in total. The minimum Gasteiger partial charge on any atom is -0.473 e. The topological polar surface area (TPSA) is 57.9 Å². The van der Waals surface area contributed by atoms with Gasteiger partial charge < -0.3 is 10.1 Å². The number of ether oxygens (including phenoxy) is 1. The highest BCUT2D eigenvalue weighted by Gasteiger charge is 2.16. The predicted molar refractivity (Wildman–Crippen MR) is 55.6 cm³/mol. The first kappa shape index (κ1) is 9.94. The molecule has 1 aliphatic heterocycles. The maximum absolute atomic E-state index is 8.80. The maximum atomic E-state index is 8.80. The summed E-state index contributed by atoms with van der Waals surface area (Å²) in [6.45, 7) is 3.71. The second-order valence-electron chi connectivity index (χ2n) is 3.68. The van der Waals surface area contributed by atoms with E-state index < -0.39 is 0 Å². The number of hydrogen-bond acceptors (Lipinski definition) is 4. The first-order valence-electron chi connectivity index (χ1n) is 5.04. The molecule has 2 rings (SSSR count). The lowest BCUT2D eigenvalue weighted by atomic mass is 10.2. The molecular weight excluding hydrogens is 190 g/mol. The van der Waals surface area contributed by atoms with Crippen LogP contribution in [0.25, 0.3) is 0 Å². The van der Waals surface area contributed by atoms with Crippen LogP contribution in [0.5, 0.6) is 5.88 Å².